The van der Waals surface area contributed by atoms with Crippen molar-refractivity contribution in [2.75, 3.05) is 13.7 Å². The van der Waals surface area contributed by atoms with Gasteiger partial charge >= 0.3 is 0 Å². The van der Waals surface area contributed by atoms with Gasteiger partial charge in [0.25, 0.3) is 0 Å². The van der Waals surface area contributed by atoms with Gasteiger partial charge in [0.1, 0.15) is 5.75 Å². The summed E-state index contributed by atoms with van der Waals surface area (Å²) in [6.07, 6.45) is 1.02. The highest BCUT2D eigenvalue weighted by atomic mass is 16.5. The zero-order chi connectivity index (χ0) is 13.5. The van der Waals surface area contributed by atoms with E-state index in [1.165, 1.54) is 16.7 Å². The summed E-state index contributed by atoms with van der Waals surface area (Å²) in [5, 5.41) is 3.47. The maximum absolute atomic E-state index is 5.22. The predicted molar refractivity (Wildman–Crippen MR) is 79.6 cm³/mol. The Hall–Kier alpha value is -1.80. The van der Waals surface area contributed by atoms with Crippen molar-refractivity contribution in [3.8, 4) is 5.75 Å². The first-order chi connectivity index (χ1) is 9.28. The minimum atomic E-state index is 0.922. The molecule has 1 N–H and O–H groups in total. The summed E-state index contributed by atoms with van der Waals surface area (Å²) in [4.78, 5) is 0. The fourth-order valence-corrected chi connectivity index (χ4v) is 2.12. The van der Waals surface area contributed by atoms with E-state index in [1.807, 2.05) is 12.1 Å². The number of benzene rings is 2. The van der Waals surface area contributed by atoms with Crippen LogP contribution in [0.3, 0.4) is 0 Å². The zero-order valence-corrected chi connectivity index (χ0v) is 11.6. The van der Waals surface area contributed by atoms with Gasteiger partial charge < -0.3 is 10.1 Å². The van der Waals surface area contributed by atoms with Crippen molar-refractivity contribution >= 4 is 0 Å². The number of ether oxygens (including phenoxy) is 1. The Bertz CT molecular complexity index is 522. The van der Waals surface area contributed by atoms with E-state index in [-0.39, 0.29) is 0 Å². The molecule has 0 saturated carbocycles. The number of rotatable bonds is 6. The number of methoxy groups -OCH3 is 1. The third kappa shape index (κ3) is 4.42. The summed E-state index contributed by atoms with van der Waals surface area (Å²) < 4.78 is 5.22. The lowest BCUT2D eigenvalue weighted by Crippen LogP contribution is -2.16. The summed E-state index contributed by atoms with van der Waals surface area (Å²) in [5.74, 6) is 0.927. The molecule has 2 rings (SSSR count). The Kier molecular flexibility index (Phi) is 4.99. The number of hydrogen-bond donors (Lipinski definition) is 1. The van der Waals surface area contributed by atoms with E-state index in [2.05, 4.69) is 48.6 Å². The van der Waals surface area contributed by atoms with Crippen molar-refractivity contribution in [1.29, 1.82) is 0 Å². The number of nitrogens with one attached hydrogen (secondary N) is 1. The Morgan fingerprint density at radius 1 is 1.00 bits per heavy atom. The van der Waals surface area contributed by atoms with Crippen molar-refractivity contribution in [2.24, 2.45) is 0 Å². The largest absolute Gasteiger partial charge is 0.497 e. The van der Waals surface area contributed by atoms with Crippen LogP contribution in [0.4, 0.5) is 0 Å². The molecule has 2 aromatic rings. The molecule has 0 fully saturated rings. The summed E-state index contributed by atoms with van der Waals surface area (Å²) in [6, 6.07) is 16.8. The lowest BCUT2D eigenvalue weighted by Gasteiger charge is -2.07. The van der Waals surface area contributed by atoms with Crippen LogP contribution in [0.15, 0.2) is 48.5 Å². The average Bonchev–Trinajstić information content (AvgIpc) is 2.44. The lowest BCUT2D eigenvalue weighted by atomic mass is 10.1. The summed E-state index contributed by atoms with van der Waals surface area (Å²) in [6.45, 7) is 4.02. The molecule has 0 saturated heterocycles. The van der Waals surface area contributed by atoms with Gasteiger partial charge in [-0.2, -0.15) is 0 Å². The van der Waals surface area contributed by atoms with Crippen molar-refractivity contribution in [3.63, 3.8) is 0 Å². The smallest absolute Gasteiger partial charge is 0.119 e. The molecule has 2 aromatic carbocycles. The van der Waals surface area contributed by atoms with E-state index in [0.717, 1.165) is 25.3 Å². The second kappa shape index (κ2) is 6.95. The molecule has 0 atom stereocenters. The van der Waals surface area contributed by atoms with Crippen molar-refractivity contribution in [3.05, 3.63) is 65.2 Å². The fourth-order valence-electron chi connectivity index (χ4n) is 2.12. The monoisotopic (exact) mass is 255 g/mol. The van der Waals surface area contributed by atoms with E-state index in [0.29, 0.717) is 0 Å². The summed E-state index contributed by atoms with van der Waals surface area (Å²) in [7, 11) is 1.70. The first kappa shape index (κ1) is 13.6. The Morgan fingerprint density at radius 3 is 2.58 bits per heavy atom. The highest BCUT2D eigenvalue weighted by Gasteiger charge is 1.97. The topological polar surface area (TPSA) is 21.3 Å². The molecule has 0 aliphatic carbocycles. The van der Waals surface area contributed by atoms with E-state index in [1.54, 1.807) is 7.11 Å². The van der Waals surface area contributed by atoms with Gasteiger partial charge in [-0.05, 0) is 43.1 Å². The fraction of sp³-hybridized carbons (Fsp3) is 0.294. The molecule has 0 heterocycles. The molecule has 0 bridgehead atoms. The molecule has 0 aliphatic heterocycles. The van der Waals surface area contributed by atoms with Gasteiger partial charge in [-0.3, -0.25) is 0 Å². The molecule has 2 nitrogen and oxygen atoms in total. The van der Waals surface area contributed by atoms with Crippen LogP contribution in [0.5, 0.6) is 5.75 Å². The summed E-state index contributed by atoms with van der Waals surface area (Å²) >= 11 is 0. The van der Waals surface area contributed by atoms with Crippen molar-refractivity contribution in [2.45, 2.75) is 19.9 Å². The normalized spacial score (nSPS) is 10.4. The van der Waals surface area contributed by atoms with Gasteiger partial charge in [0.15, 0.2) is 0 Å². The first-order valence-electron chi connectivity index (χ1n) is 6.67. The van der Waals surface area contributed by atoms with Crippen LogP contribution in [0.2, 0.25) is 0 Å². The quantitative estimate of drug-likeness (QED) is 0.799. The SMILES string of the molecule is COc1cccc(CCNCc2cccc(C)c2)c1. The van der Waals surface area contributed by atoms with Crippen LogP contribution in [-0.2, 0) is 13.0 Å². The van der Waals surface area contributed by atoms with Crippen molar-refractivity contribution < 1.29 is 4.74 Å². The number of aryl methyl sites for hydroxylation is 1. The van der Waals surface area contributed by atoms with Gasteiger partial charge in [-0.15, -0.1) is 0 Å². The van der Waals surface area contributed by atoms with E-state index < -0.39 is 0 Å². The molecule has 0 radical (unpaired) electrons. The van der Waals surface area contributed by atoms with Gasteiger partial charge in [-0.1, -0.05) is 42.0 Å². The minimum Gasteiger partial charge on any atom is -0.497 e. The predicted octanol–water partition coefficient (Wildman–Crippen LogP) is 3.34. The van der Waals surface area contributed by atoms with Crippen LogP contribution in [0.25, 0.3) is 0 Å². The highest BCUT2D eigenvalue weighted by molar-refractivity contribution is 5.28. The molecule has 0 aliphatic rings. The van der Waals surface area contributed by atoms with Gasteiger partial charge in [0.2, 0.25) is 0 Å². The Morgan fingerprint density at radius 2 is 1.79 bits per heavy atom. The van der Waals surface area contributed by atoms with Gasteiger partial charge in [0, 0.05) is 6.54 Å². The maximum atomic E-state index is 5.22. The maximum Gasteiger partial charge on any atom is 0.119 e. The van der Waals surface area contributed by atoms with E-state index in [4.69, 9.17) is 4.74 Å². The molecular formula is C17H21NO. The molecule has 0 amide bonds. The van der Waals surface area contributed by atoms with Crippen molar-refractivity contribution in [1.82, 2.24) is 5.32 Å². The Labute approximate surface area is 115 Å². The van der Waals surface area contributed by atoms with Gasteiger partial charge in [0.05, 0.1) is 7.11 Å². The second-order valence-corrected chi connectivity index (χ2v) is 4.77. The lowest BCUT2D eigenvalue weighted by molar-refractivity contribution is 0.414. The van der Waals surface area contributed by atoms with Crippen LogP contribution >= 0.6 is 0 Å². The highest BCUT2D eigenvalue weighted by Crippen LogP contribution is 2.12. The zero-order valence-electron chi connectivity index (χ0n) is 11.6. The molecule has 0 aromatic heterocycles. The molecule has 100 valence electrons. The average molecular weight is 255 g/mol. The molecular weight excluding hydrogens is 234 g/mol. The molecule has 0 unspecified atom stereocenters. The van der Waals surface area contributed by atoms with Crippen LogP contribution < -0.4 is 10.1 Å². The molecule has 19 heavy (non-hydrogen) atoms. The van der Waals surface area contributed by atoms with Gasteiger partial charge in [-0.25, -0.2) is 0 Å². The van der Waals surface area contributed by atoms with E-state index in [9.17, 15) is 0 Å². The Balaban J connectivity index is 1.77. The van der Waals surface area contributed by atoms with E-state index >= 15 is 0 Å². The third-order valence-electron chi connectivity index (χ3n) is 3.14. The number of hydrogen-bond acceptors (Lipinski definition) is 2. The van der Waals surface area contributed by atoms with Crippen LogP contribution in [0, 0.1) is 6.92 Å². The van der Waals surface area contributed by atoms with Crippen LogP contribution in [-0.4, -0.2) is 13.7 Å². The second-order valence-electron chi connectivity index (χ2n) is 4.77. The third-order valence-corrected chi connectivity index (χ3v) is 3.14. The minimum absolute atomic E-state index is 0.922. The summed E-state index contributed by atoms with van der Waals surface area (Å²) in [5.41, 5.74) is 3.95. The van der Waals surface area contributed by atoms with Crippen LogP contribution in [0.1, 0.15) is 16.7 Å². The molecule has 0 spiro atoms. The molecule has 2 heteroatoms. The first-order valence-corrected chi connectivity index (χ1v) is 6.67. The standard InChI is InChI=1S/C17H21NO/c1-14-5-3-7-16(11-14)13-18-10-9-15-6-4-8-17(12-15)19-2/h3-8,11-12,18H,9-10,13H2,1-2H3.